The van der Waals surface area contributed by atoms with Crippen LogP contribution in [0.2, 0.25) is 0 Å². The van der Waals surface area contributed by atoms with E-state index in [0.29, 0.717) is 38.3 Å². The predicted octanol–water partition coefficient (Wildman–Crippen LogP) is 1.22. The molecule has 5 nitrogen and oxygen atoms in total. The second-order valence-electron chi connectivity index (χ2n) is 5.36. The van der Waals surface area contributed by atoms with Gasteiger partial charge in [-0.2, -0.15) is 0 Å². The van der Waals surface area contributed by atoms with Gasteiger partial charge >= 0.3 is 0 Å². The zero-order valence-corrected chi connectivity index (χ0v) is 12.1. The molecule has 1 aromatic carbocycles. The van der Waals surface area contributed by atoms with Gasteiger partial charge in [0.1, 0.15) is 17.7 Å². The molecule has 1 aromatic rings. The van der Waals surface area contributed by atoms with Crippen LogP contribution in [0.3, 0.4) is 0 Å². The summed E-state index contributed by atoms with van der Waals surface area (Å²) >= 11 is 0. The lowest BCUT2D eigenvalue weighted by Gasteiger charge is -2.32. The minimum atomic E-state index is -0.864. The molecule has 1 aliphatic rings. The molecule has 0 bridgehead atoms. The summed E-state index contributed by atoms with van der Waals surface area (Å²) < 4.78 is 23.8. The number of carbonyl (C=O) groups is 1. The number of hydrogen-bond donors (Lipinski definition) is 2. The standard InChI is InChI=1S/C15H21FN2O3/c1-11(21-13-4-2-3-12(16)9-13)10-18-14(19)15(17)5-7-20-8-6-15/h2-4,9,11H,5-8,10,17H2,1H3,(H,18,19). The average molecular weight is 296 g/mol. The van der Waals surface area contributed by atoms with Crippen LogP contribution in [0.25, 0.3) is 0 Å². The van der Waals surface area contributed by atoms with Crippen molar-refractivity contribution in [3.8, 4) is 5.75 Å². The molecule has 1 atom stereocenters. The second kappa shape index (κ2) is 6.87. The number of carbonyl (C=O) groups excluding carboxylic acids is 1. The van der Waals surface area contributed by atoms with Gasteiger partial charge in [-0.3, -0.25) is 4.79 Å². The van der Waals surface area contributed by atoms with Gasteiger partial charge in [-0.05, 0) is 31.9 Å². The molecule has 1 heterocycles. The average Bonchev–Trinajstić information content (AvgIpc) is 2.45. The summed E-state index contributed by atoms with van der Waals surface area (Å²) in [5.41, 5.74) is 5.21. The first-order valence-electron chi connectivity index (χ1n) is 7.07. The maximum absolute atomic E-state index is 13.0. The Labute approximate surface area is 123 Å². The molecule has 0 spiro atoms. The fourth-order valence-electron chi connectivity index (χ4n) is 2.19. The summed E-state index contributed by atoms with van der Waals surface area (Å²) in [5.74, 6) is -0.113. The Morgan fingerprint density at radius 3 is 2.90 bits per heavy atom. The SMILES string of the molecule is CC(CNC(=O)C1(N)CCOCC1)Oc1cccc(F)c1. The summed E-state index contributed by atoms with van der Waals surface area (Å²) in [5, 5.41) is 2.79. The fraction of sp³-hybridized carbons (Fsp3) is 0.533. The lowest BCUT2D eigenvalue weighted by molar-refractivity contribution is -0.130. The van der Waals surface area contributed by atoms with Crippen molar-refractivity contribution in [1.29, 1.82) is 0 Å². The zero-order chi connectivity index (χ0) is 15.3. The minimum Gasteiger partial charge on any atom is -0.489 e. The number of nitrogens with one attached hydrogen (secondary N) is 1. The lowest BCUT2D eigenvalue weighted by atomic mass is 9.90. The van der Waals surface area contributed by atoms with Crippen LogP contribution in [-0.2, 0) is 9.53 Å². The van der Waals surface area contributed by atoms with Crippen LogP contribution in [0.5, 0.6) is 5.75 Å². The van der Waals surface area contributed by atoms with E-state index >= 15 is 0 Å². The van der Waals surface area contributed by atoms with Crippen LogP contribution >= 0.6 is 0 Å². The molecule has 1 aliphatic heterocycles. The number of ether oxygens (including phenoxy) is 2. The highest BCUT2D eigenvalue weighted by molar-refractivity contribution is 5.86. The Hall–Kier alpha value is -1.66. The van der Waals surface area contributed by atoms with Gasteiger partial charge in [0.2, 0.25) is 5.91 Å². The molecule has 6 heteroatoms. The molecular formula is C15H21FN2O3. The molecule has 0 radical (unpaired) electrons. The van der Waals surface area contributed by atoms with Crippen molar-refractivity contribution in [3.63, 3.8) is 0 Å². The van der Waals surface area contributed by atoms with Gasteiger partial charge in [0, 0.05) is 19.3 Å². The Morgan fingerprint density at radius 2 is 2.24 bits per heavy atom. The van der Waals surface area contributed by atoms with E-state index < -0.39 is 5.54 Å². The maximum Gasteiger partial charge on any atom is 0.240 e. The van der Waals surface area contributed by atoms with Crippen molar-refractivity contribution >= 4 is 5.91 Å². The first-order valence-corrected chi connectivity index (χ1v) is 7.07. The number of nitrogens with two attached hydrogens (primary N) is 1. The molecule has 1 saturated heterocycles. The number of halogens is 1. The molecular weight excluding hydrogens is 275 g/mol. The highest BCUT2D eigenvalue weighted by Gasteiger charge is 2.35. The Morgan fingerprint density at radius 1 is 1.52 bits per heavy atom. The Balaban J connectivity index is 1.80. The molecule has 0 aromatic heterocycles. The van der Waals surface area contributed by atoms with Gasteiger partial charge in [-0.1, -0.05) is 6.07 Å². The van der Waals surface area contributed by atoms with Gasteiger partial charge in [0.05, 0.1) is 12.1 Å². The summed E-state index contributed by atoms with van der Waals surface area (Å²) in [6.45, 7) is 3.12. The highest BCUT2D eigenvalue weighted by Crippen LogP contribution is 2.18. The van der Waals surface area contributed by atoms with Gasteiger partial charge < -0.3 is 20.5 Å². The van der Waals surface area contributed by atoms with Gasteiger partial charge in [-0.15, -0.1) is 0 Å². The van der Waals surface area contributed by atoms with Crippen LogP contribution in [0.4, 0.5) is 4.39 Å². The summed E-state index contributed by atoms with van der Waals surface area (Å²) in [6.07, 6.45) is 0.745. The van der Waals surface area contributed by atoms with E-state index in [1.54, 1.807) is 19.1 Å². The first kappa shape index (κ1) is 15.7. The first-order chi connectivity index (χ1) is 9.99. The molecule has 116 valence electrons. The van der Waals surface area contributed by atoms with Gasteiger partial charge in [0.25, 0.3) is 0 Å². The van der Waals surface area contributed by atoms with Crippen molar-refractivity contribution in [2.75, 3.05) is 19.8 Å². The summed E-state index contributed by atoms with van der Waals surface area (Å²) in [4.78, 5) is 12.1. The summed E-state index contributed by atoms with van der Waals surface area (Å²) in [6, 6.07) is 5.90. The van der Waals surface area contributed by atoms with Gasteiger partial charge in [-0.25, -0.2) is 4.39 Å². The fourth-order valence-corrected chi connectivity index (χ4v) is 2.19. The van der Waals surface area contributed by atoms with Crippen molar-refractivity contribution in [2.24, 2.45) is 5.73 Å². The number of benzene rings is 1. The number of amides is 1. The molecule has 21 heavy (non-hydrogen) atoms. The molecule has 2 rings (SSSR count). The van der Waals surface area contributed by atoms with Gasteiger partial charge in [0.15, 0.2) is 0 Å². The van der Waals surface area contributed by atoms with E-state index in [-0.39, 0.29) is 17.8 Å². The van der Waals surface area contributed by atoms with Crippen LogP contribution in [-0.4, -0.2) is 37.3 Å². The predicted molar refractivity (Wildman–Crippen MR) is 76.5 cm³/mol. The molecule has 1 fully saturated rings. The second-order valence-corrected chi connectivity index (χ2v) is 5.36. The molecule has 3 N–H and O–H groups in total. The van der Waals surface area contributed by atoms with E-state index in [4.69, 9.17) is 15.2 Å². The zero-order valence-electron chi connectivity index (χ0n) is 12.1. The van der Waals surface area contributed by atoms with E-state index in [1.165, 1.54) is 12.1 Å². The normalized spacial score (nSPS) is 18.8. The molecule has 0 saturated carbocycles. The van der Waals surface area contributed by atoms with Crippen molar-refractivity contribution in [3.05, 3.63) is 30.1 Å². The van der Waals surface area contributed by atoms with Crippen molar-refractivity contribution in [1.82, 2.24) is 5.32 Å². The third-order valence-corrected chi connectivity index (χ3v) is 3.52. The monoisotopic (exact) mass is 296 g/mol. The lowest BCUT2D eigenvalue weighted by Crippen LogP contribution is -2.57. The van der Waals surface area contributed by atoms with E-state index in [2.05, 4.69) is 5.32 Å². The Kier molecular flexibility index (Phi) is 5.14. The Bertz CT molecular complexity index is 490. The smallest absolute Gasteiger partial charge is 0.240 e. The topological polar surface area (TPSA) is 73.6 Å². The van der Waals surface area contributed by atoms with E-state index in [9.17, 15) is 9.18 Å². The summed E-state index contributed by atoms with van der Waals surface area (Å²) in [7, 11) is 0. The van der Waals surface area contributed by atoms with E-state index in [1.807, 2.05) is 0 Å². The van der Waals surface area contributed by atoms with Crippen LogP contribution in [0.15, 0.2) is 24.3 Å². The van der Waals surface area contributed by atoms with Crippen LogP contribution < -0.4 is 15.8 Å². The molecule has 1 unspecified atom stereocenters. The largest absolute Gasteiger partial charge is 0.489 e. The third kappa shape index (κ3) is 4.41. The maximum atomic E-state index is 13.0. The van der Waals surface area contributed by atoms with E-state index in [0.717, 1.165) is 0 Å². The number of hydrogen-bond acceptors (Lipinski definition) is 4. The molecule has 1 amide bonds. The molecule has 0 aliphatic carbocycles. The third-order valence-electron chi connectivity index (χ3n) is 3.52. The van der Waals surface area contributed by atoms with Crippen molar-refractivity contribution < 1.29 is 18.7 Å². The quantitative estimate of drug-likeness (QED) is 0.857. The number of rotatable bonds is 5. The van der Waals surface area contributed by atoms with Crippen LogP contribution in [0.1, 0.15) is 19.8 Å². The highest BCUT2D eigenvalue weighted by atomic mass is 19.1. The van der Waals surface area contributed by atoms with Crippen LogP contribution in [0, 0.1) is 5.82 Å². The minimum absolute atomic E-state index is 0.194. The van der Waals surface area contributed by atoms with Crippen molar-refractivity contribution in [2.45, 2.75) is 31.4 Å².